The summed E-state index contributed by atoms with van der Waals surface area (Å²) < 4.78 is 27.1. The minimum absolute atomic E-state index is 0.000309. The van der Waals surface area contributed by atoms with Gasteiger partial charge in [-0.2, -0.15) is 0 Å². The largest absolute Gasteiger partial charge is 0.478 e. The van der Waals surface area contributed by atoms with E-state index in [4.69, 9.17) is 5.11 Å². The normalized spacial score (nSPS) is 13.3. The van der Waals surface area contributed by atoms with Gasteiger partial charge in [-0.1, -0.05) is 19.9 Å². The third-order valence-electron chi connectivity index (χ3n) is 3.75. The molecule has 0 saturated heterocycles. The van der Waals surface area contributed by atoms with Crippen molar-refractivity contribution in [2.75, 3.05) is 19.6 Å². The van der Waals surface area contributed by atoms with Crippen LogP contribution < -0.4 is 4.72 Å². The molecule has 0 heterocycles. The van der Waals surface area contributed by atoms with E-state index in [2.05, 4.69) is 9.62 Å². The van der Waals surface area contributed by atoms with E-state index in [9.17, 15) is 13.2 Å². The second-order valence-corrected chi connectivity index (χ2v) is 6.97. The summed E-state index contributed by atoms with van der Waals surface area (Å²) in [7, 11) is -3.72. The monoisotopic (exact) mass is 328 g/mol. The number of nitrogens with one attached hydrogen (secondary N) is 1. The number of hydrogen-bond acceptors (Lipinski definition) is 4. The molecule has 6 nitrogen and oxygen atoms in total. The Morgan fingerprint density at radius 1 is 1.32 bits per heavy atom. The number of aryl methyl sites for hydroxylation is 1. The van der Waals surface area contributed by atoms with Gasteiger partial charge in [-0.15, -0.1) is 0 Å². The maximum atomic E-state index is 12.3. The highest BCUT2D eigenvalue weighted by Crippen LogP contribution is 2.15. The first-order valence-corrected chi connectivity index (χ1v) is 8.78. The number of aromatic carboxylic acids is 1. The van der Waals surface area contributed by atoms with Gasteiger partial charge in [-0.05, 0) is 44.6 Å². The van der Waals surface area contributed by atoms with E-state index in [-0.39, 0.29) is 23.0 Å². The van der Waals surface area contributed by atoms with Crippen molar-refractivity contribution in [3.05, 3.63) is 29.3 Å². The van der Waals surface area contributed by atoms with Crippen molar-refractivity contribution in [1.29, 1.82) is 0 Å². The van der Waals surface area contributed by atoms with Crippen molar-refractivity contribution in [2.45, 2.75) is 38.6 Å². The van der Waals surface area contributed by atoms with Crippen LogP contribution in [-0.4, -0.2) is 50.1 Å². The van der Waals surface area contributed by atoms with Crippen LogP contribution >= 0.6 is 0 Å². The minimum Gasteiger partial charge on any atom is -0.478 e. The molecule has 0 aliphatic heterocycles. The second-order valence-electron chi connectivity index (χ2n) is 5.20. The van der Waals surface area contributed by atoms with Crippen LogP contribution in [0.1, 0.15) is 36.7 Å². The van der Waals surface area contributed by atoms with E-state index in [0.717, 1.165) is 13.1 Å². The third-order valence-corrected chi connectivity index (χ3v) is 5.18. The molecule has 7 heteroatoms. The molecule has 0 amide bonds. The minimum atomic E-state index is -3.72. The van der Waals surface area contributed by atoms with Crippen molar-refractivity contribution in [3.63, 3.8) is 0 Å². The smallest absolute Gasteiger partial charge is 0.335 e. The summed E-state index contributed by atoms with van der Waals surface area (Å²) in [4.78, 5) is 13.2. The summed E-state index contributed by atoms with van der Waals surface area (Å²) in [5.74, 6) is -1.13. The number of rotatable bonds is 8. The van der Waals surface area contributed by atoms with E-state index in [1.807, 2.05) is 20.8 Å². The summed E-state index contributed by atoms with van der Waals surface area (Å²) in [6.45, 7) is 9.59. The molecule has 1 unspecified atom stereocenters. The molecule has 0 bridgehead atoms. The average molecular weight is 328 g/mol. The molecule has 2 N–H and O–H groups in total. The summed E-state index contributed by atoms with van der Waals surface area (Å²) >= 11 is 0. The molecule has 0 spiro atoms. The molecule has 124 valence electrons. The fourth-order valence-electron chi connectivity index (χ4n) is 2.29. The number of nitrogens with zero attached hydrogens (tertiary/aromatic N) is 1. The Kier molecular flexibility index (Phi) is 6.52. The van der Waals surface area contributed by atoms with Gasteiger partial charge in [0.1, 0.15) is 0 Å². The van der Waals surface area contributed by atoms with E-state index >= 15 is 0 Å². The maximum absolute atomic E-state index is 12.3. The number of carbonyl (C=O) groups is 1. The van der Waals surface area contributed by atoms with Crippen molar-refractivity contribution in [3.8, 4) is 0 Å². The predicted molar refractivity (Wildman–Crippen MR) is 85.7 cm³/mol. The lowest BCUT2D eigenvalue weighted by molar-refractivity contribution is 0.0696. The molecular weight excluding hydrogens is 304 g/mol. The van der Waals surface area contributed by atoms with Crippen LogP contribution in [0.5, 0.6) is 0 Å². The molecule has 1 rings (SSSR count). The molecule has 0 aliphatic carbocycles. The van der Waals surface area contributed by atoms with Crippen molar-refractivity contribution < 1.29 is 18.3 Å². The molecule has 1 atom stereocenters. The van der Waals surface area contributed by atoms with Gasteiger partial charge in [0, 0.05) is 12.6 Å². The standard InChI is InChI=1S/C15H24N2O4S/c1-5-17(6-2)12(4)10-16-22(20,21)13-8-7-11(3)14(9-13)15(18)19/h7-9,12,16H,5-6,10H2,1-4H3,(H,18,19). The highest BCUT2D eigenvalue weighted by Gasteiger charge is 2.19. The Balaban J connectivity index is 2.91. The van der Waals surface area contributed by atoms with Crippen LogP contribution in [0.15, 0.2) is 23.1 Å². The number of hydrogen-bond donors (Lipinski definition) is 2. The number of sulfonamides is 1. The zero-order valence-electron chi connectivity index (χ0n) is 13.5. The van der Waals surface area contributed by atoms with Gasteiger partial charge in [-0.25, -0.2) is 17.9 Å². The van der Waals surface area contributed by atoms with Crippen LogP contribution in [0.4, 0.5) is 0 Å². The molecule has 0 aromatic heterocycles. The van der Waals surface area contributed by atoms with Gasteiger partial charge in [0.25, 0.3) is 0 Å². The summed E-state index contributed by atoms with van der Waals surface area (Å²) in [5.41, 5.74) is 0.530. The van der Waals surface area contributed by atoms with Crippen molar-refractivity contribution in [1.82, 2.24) is 9.62 Å². The third kappa shape index (κ3) is 4.53. The predicted octanol–water partition coefficient (Wildman–Crippen LogP) is 1.70. The van der Waals surface area contributed by atoms with Gasteiger partial charge < -0.3 is 5.11 Å². The summed E-state index contributed by atoms with van der Waals surface area (Å²) in [5, 5.41) is 9.09. The fourth-order valence-corrected chi connectivity index (χ4v) is 3.44. The lowest BCUT2D eigenvalue weighted by atomic mass is 10.1. The van der Waals surface area contributed by atoms with E-state index < -0.39 is 16.0 Å². The fraction of sp³-hybridized carbons (Fsp3) is 0.533. The van der Waals surface area contributed by atoms with Crippen LogP contribution in [0, 0.1) is 6.92 Å². The second kappa shape index (κ2) is 7.71. The van der Waals surface area contributed by atoms with Crippen LogP contribution in [0.25, 0.3) is 0 Å². The van der Waals surface area contributed by atoms with E-state index in [1.54, 1.807) is 6.92 Å². The average Bonchev–Trinajstić information content (AvgIpc) is 2.46. The van der Waals surface area contributed by atoms with Gasteiger partial charge in [0.15, 0.2) is 0 Å². The van der Waals surface area contributed by atoms with E-state index in [0.29, 0.717) is 5.56 Å². The molecule has 0 radical (unpaired) electrons. The van der Waals surface area contributed by atoms with Gasteiger partial charge in [-0.3, -0.25) is 4.90 Å². The zero-order valence-corrected chi connectivity index (χ0v) is 14.3. The van der Waals surface area contributed by atoms with Crippen molar-refractivity contribution in [2.24, 2.45) is 0 Å². The quantitative estimate of drug-likeness (QED) is 0.758. The molecule has 22 heavy (non-hydrogen) atoms. The Bertz CT molecular complexity index is 624. The molecule has 0 fully saturated rings. The van der Waals surface area contributed by atoms with Gasteiger partial charge >= 0.3 is 5.97 Å². The number of benzene rings is 1. The zero-order chi connectivity index (χ0) is 16.9. The van der Waals surface area contributed by atoms with Crippen LogP contribution in [0.2, 0.25) is 0 Å². The van der Waals surface area contributed by atoms with Gasteiger partial charge in [0.05, 0.1) is 10.5 Å². The lowest BCUT2D eigenvalue weighted by Crippen LogP contribution is -2.41. The maximum Gasteiger partial charge on any atom is 0.335 e. The molecule has 0 saturated carbocycles. The first-order valence-electron chi connectivity index (χ1n) is 7.30. The molecule has 1 aromatic rings. The highest BCUT2D eigenvalue weighted by molar-refractivity contribution is 7.89. The topological polar surface area (TPSA) is 86.7 Å². The SMILES string of the molecule is CCN(CC)C(C)CNS(=O)(=O)c1ccc(C)c(C(=O)O)c1. The highest BCUT2D eigenvalue weighted by atomic mass is 32.2. The number of likely N-dealkylation sites (N-methyl/N-ethyl adjacent to an activating group) is 1. The van der Waals surface area contributed by atoms with E-state index in [1.165, 1.54) is 18.2 Å². The van der Waals surface area contributed by atoms with Crippen molar-refractivity contribution >= 4 is 16.0 Å². The Morgan fingerprint density at radius 3 is 2.41 bits per heavy atom. The Morgan fingerprint density at radius 2 is 1.91 bits per heavy atom. The van der Waals surface area contributed by atoms with Crippen LogP contribution in [0.3, 0.4) is 0 Å². The molecular formula is C15H24N2O4S. The first kappa shape index (κ1) is 18.6. The first-order chi connectivity index (χ1) is 10.2. The Labute approximate surface area is 132 Å². The number of carboxylic acid groups (broad SMARTS) is 1. The summed E-state index contributed by atoms with van der Waals surface area (Å²) in [6, 6.07) is 4.19. The summed E-state index contributed by atoms with van der Waals surface area (Å²) in [6.07, 6.45) is 0. The van der Waals surface area contributed by atoms with Crippen LogP contribution in [-0.2, 0) is 10.0 Å². The molecule has 0 aliphatic rings. The molecule has 1 aromatic carbocycles. The Hall–Kier alpha value is -1.44. The van der Waals surface area contributed by atoms with Gasteiger partial charge in [0.2, 0.25) is 10.0 Å². The lowest BCUT2D eigenvalue weighted by Gasteiger charge is -2.26. The number of carboxylic acids is 1.